The Kier molecular flexibility index (Phi) is 6.68. The fourth-order valence-electron chi connectivity index (χ4n) is 2.90. The number of ether oxygens (including phenoxy) is 2. The van der Waals surface area contributed by atoms with Crippen LogP contribution < -0.4 is 14.8 Å². The van der Waals surface area contributed by atoms with E-state index in [0.717, 1.165) is 17.7 Å². The summed E-state index contributed by atoms with van der Waals surface area (Å²) in [7, 11) is 1.62. The summed E-state index contributed by atoms with van der Waals surface area (Å²) < 4.78 is 11.3. The summed E-state index contributed by atoms with van der Waals surface area (Å²) in [5, 5.41) is 2.97. The lowest BCUT2D eigenvalue weighted by Gasteiger charge is -2.12. The lowest BCUT2D eigenvalue weighted by atomic mass is 10.1. The van der Waals surface area contributed by atoms with Gasteiger partial charge in [0.05, 0.1) is 7.11 Å². The zero-order valence-electron chi connectivity index (χ0n) is 16.3. The van der Waals surface area contributed by atoms with Crippen molar-refractivity contribution in [1.82, 2.24) is 5.32 Å². The topological polar surface area (TPSA) is 47.6 Å². The van der Waals surface area contributed by atoms with E-state index in [4.69, 9.17) is 9.47 Å². The van der Waals surface area contributed by atoms with Gasteiger partial charge in [-0.05, 0) is 49.2 Å². The van der Waals surface area contributed by atoms with E-state index >= 15 is 0 Å². The fourth-order valence-corrected chi connectivity index (χ4v) is 2.90. The van der Waals surface area contributed by atoms with Gasteiger partial charge in [-0.15, -0.1) is 0 Å². The summed E-state index contributed by atoms with van der Waals surface area (Å²) in [6, 6.07) is 23.4. The minimum atomic E-state index is -0.102. The molecule has 0 spiro atoms. The Balaban J connectivity index is 1.62. The number of hydrogen-bond donors (Lipinski definition) is 1. The van der Waals surface area contributed by atoms with Gasteiger partial charge < -0.3 is 14.8 Å². The normalized spacial score (nSPS) is 10.4. The first kappa shape index (κ1) is 19.5. The van der Waals surface area contributed by atoms with Crippen LogP contribution in [0.3, 0.4) is 0 Å². The molecule has 0 aliphatic carbocycles. The minimum Gasteiger partial charge on any atom is -0.496 e. The number of amides is 1. The van der Waals surface area contributed by atoms with Crippen LogP contribution >= 0.6 is 0 Å². The van der Waals surface area contributed by atoms with Crippen LogP contribution in [-0.2, 0) is 13.0 Å². The van der Waals surface area contributed by atoms with Gasteiger partial charge in [-0.25, -0.2) is 0 Å². The second-order valence-corrected chi connectivity index (χ2v) is 6.62. The number of aryl methyl sites for hydroxylation is 1. The second-order valence-electron chi connectivity index (χ2n) is 6.62. The molecule has 3 aromatic carbocycles. The molecule has 0 bridgehead atoms. The van der Waals surface area contributed by atoms with E-state index in [9.17, 15) is 4.79 Å². The van der Waals surface area contributed by atoms with E-state index in [-0.39, 0.29) is 5.91 Å². The lowest BCUT2D eigenvalue weighted by Crippen LogP contribution is -2.25. The molecule has 0 radical (unpaired) electrons. The van der Waals surface area contributed by atoms with Gasteiger partial charge in [0.25, 0.3) is 5.91 Å². The number of methoxy groups -OCH3 is 1. The number of rotatable bonds is 8. The maximum absolute atomic E-state index is 12.5. The van der Waals surface area contributed by atoms with Crippen LogP contribution in [0.1, 0.15) is 27.0 Å². The van der Waals surface area contributed by atoms with Crippen molar-refractivity contribution >= 4 is 5.91 Å². The van der Waals surface area contributed by atoms with Crippen molar-refractivity contribution in [2.24, 2.45) is 0 Å². The van der Waals surface area contributed by atoms with E-state index < -0.39 is 0 Å². The van der Waals surface area contributed by atoms with Crippen LogP contribution in [0.4, 0.5) is 0 Å². The number of carbonyl (C=O) groups excluding carboxylic acids is 1. The third-order valence-electron chi connectivity index (χ3n) is 4.50. The van der Waals surface area contributed by atoms with Crippen molar-refractivity contribution in [2.45, 2.75) is 20.0 Å². The molecule has 0 aromatic heterocycles. The van der Waals surface area contributed by atoms with Crippen molar-refractivity contribution in [3.05, 3.63) is 95.1 Å². The number of carbonyl (C=O) groups is 1. The first-order valence-electron chi connectivity index (χ1n) is 9.34. The maximum atomic E-state index is 12.5. The predicted molar refractivity (Wildman–Crippen MR) is 111 cm³/mol. The van der Waals surface area contributed by atoms with Gasteiger partial charge >= 0.3 is 0 Å². The van der Waals surface area contributed by atoms with E-state index in [2.05, 4.69) is 17.4 Å². The quantitative estimate of drug-likeness (QED) is 0.628. The Morgan fingerprint density at radius 2 is 1.71 bits per heavy atom. The third-order valence-corrected chi connectivity index (χ3v) is 4.50. The van der Waals surface area contributed by atoms with Crippen LogP contribution in [-0.4, -0.2) is 19.6 Å². The lowest BCUT2D eigenvalue weighted by molar-refractivity contribution is 0.0954. The zero-order valence-corrected chi connectivity index (χ0v) is 16.3. The van der Waals surface area contributed by atoms with Gasteiger partial charge in [-0.1, -0.05) is 48.0 Å². The molecule has 4 heteroatoms. The molecule has 3 aromatic rings. The molecule has 1 N–H and O–H groups in total. The average molecular weight is 375 g/mol. The van der Waals surface area contributed by atoms with Crippen molar-refractivity contribution < 1.29 is 14.3 Å². The van der Waals surface area contributed by atoms with Crippen LogP contribution in [0.15, 0.2) is 72.8 Å². The van der Waals surface area contributed by atoms with E-state index in [1.807, 2.05) is 55.5 Å². The molecule has 0 saturated carbocycles. The molecule has 4 nitrogen and oxygen atoms in total. The highest BCUT2D eigenvalue weighted by molar-refractivity contribution is 5.94. The highest BCUT2D eigenvalue weighted by Gasteiger charge is 2.11. The highest BCUT2D eigenvalue weighted by atomic mass is 16.5. The van der Waals surface area contributed by atoms with Crippen LogP contribution in [0.2, 0.25) is 0 Å². The summed E-state index contributed by atoms with van der Waals surface area (Å²) in [5.41, 5.74) is 3.80. The second kappa shape index (κ2) is 9.60. The molecule has 28 heavy (non-hydrogen) atoms. The van der Waals surface area contributed by atoms with Crippen LogP contribution in [0.5, 0.6) is 11.5 Å². The van der Waals surface area contributed by atoms with Gasteiger partial charge in [0.2, 0.25) is 0 Å². The van der Waals surface area contributed by atoms with E-state index in [1.165, 1.54) is 11.1 Å². The number of benzene rings is 3. The molecular formula is C24H25NO3. The molecule has 0 saturated heterocycles. The number of hydrogen-bond acceptors (Lipinski definition) is 3. The van der Waals surface area contributed by atoms with Crippen LogP contribution in [0.25, 0.3) is 0 Å². The molecule has 0 aliphatic heterocycles. The third kappa shape index (κ3) is 5.36. The Hall–Kier alpha value is -3.27. The molecule has 0 fully saturated rings. The smallest absolute Gasteiger partial charge is 0.251 e. The Bertz CT molecular complexity index is 905. The van der Waals surface area contributed by atoms with Crippen molar-refractivity contribution in [1.29, 1.82) is 0 Å². The standard InChI is InChI=1S/C24H25NO3/c1-18-8-11-22(12-9-18)28-17-21-16-20(10-13-23(21)27-2)24(26)25-15-14-19-6-4-3-5-7-19/h3-13,16H,14-15,17H2,1-2H3,(H,25,26). The predicted octanol–water partition coefficient (Wildman–Crippen LogP) is 4.56. The highest BCUT2D eigenvalue weighted by Crippen LogP contribution is 2.22. The fraction of sp³-hybridized carbons (Fsp3) is 0.208. The monoisotopic (exact) mass is 375 g/mol. The van der Waals surface area contributed by atoms with Crippen LogP contribution in [0, 0.1) is 6.92 Å². The molecule has 3 rings (SSSR count). The van der Waals surface area contributed by atoms with Gasteiger partial charge in [-0.2, -0.15) is 0 Å². The van der Waals surface area contributed by atoms with Crippen molar-refractivity contribution in [3.63, 3.8) is 0 Å². The Morgan fingerprint density at radius 1 is 0.964 bits per heavy atom. The van der Waals surface area contributed by atoms with Gasteiger partial charge in [0.1, 0.15) is 18.1 Å². The van der Waals surface area contributed by atoms with Gasteiger partial charge in [-0.3, -0.25) is 4.79 Å². The summed E-state index contributed by atoms with van der Waals surface area (Å²) in [5.74, 6) is 1.38. The first-order valence-corrected chi connectivity index (χ1v) is 9.34. The Morgan fingerprint density at radius 3 is 2.43 bits per heavy atom. The largest absolute Gasteiger partial charge is 0.496 e. The maximum Gasteiger partial charge on any atom is 0.251 e. The van der Waals surface area contributed by atoms with E-state index in [1.54, 1.807) is 19.2 Å². The summed E-state index contributed by atoms with van der Waals surface area (Å²) in [4.78, 5) is 12.5. The summed E-state index contributed by atoms with van der Waals surface area (Å²) >= 11 is 0. The molecule has 0 unspecified atom stereocenters. The molecule has 144 valence electrons. The van der Waals surface area contributed by atoms with E-state index in [0.29, 0.717) is 24.5 Å². The summed E-state index contributed by atoms with van der Waals surface area (Å²) in [6.07, 6.45) is 0.798. The SMILES string of the molecule is COc1ccc(C(=O)NCCc2ccccc2)cc1COc1ccc(C)cc1. The summed E-state index contributed by atoms with van der Waals surface area (Å²) in [6.45, 7) is 2.95. The average Bonchev–Trinajstić information content (AvgIpc) is 2.74. The number of nitrogens with one attached hydrogen (secondary N) is 1. The van der Waals surface area contributed by atoms with Gasteiger partial charge in [0.15, 0.2) is 0 Å². The van der Waals surface area contributed by atoms with Gasteiger partial charge in [0, 0.05) is 17.7 Å². The molecule has 1 amide bonds. The van der Waals surface area contributed by atoms with Crippen molar-refractivity contribution in [3.8, 4) is 11.5 Å². The minimum absolute atomic E-state index is 0.102. The zero-order chi connectivity index (χ0) is 19.8. The molecule has 0 atom stereocenters. The molecule has 0 heterocycles. The Labute approximate surface area is 166 Å². The van der Waals surface area contributed by atoms with Crippen molar-refractivity contribution in [2.75, 3.05) is 13.7 Å². The molecular weight excluding hydrogens is 350 g/mol. The first-order chi connectivity index (χ1) is 13.7. The molecule has 0 aliphatic rings.